The maximum atomic E-state index is 12.9. The number of carbonyl (C=O) groups is 1. The van der Waals surface area contributed by atoms with Gasteiger partial charge in [-0.05, 0) is 42.5 Å². The number of nitrogens with one attached hydrogen (secondary N) is 1. The van der Waals surface area contributed by atoms with Crippen LogP contribution < -0.4 is 14.8 Å². The lowest BCUT2D eigenvalue weighted by atomic mass is 10.1. The number of nitriles is 1. The van der Waals surface area contributed by atoms with Crippen LogP contribution in [0.3, 0.4) is 0 Å². The number of ether oxygens (including phenoxy) is 2. The lowest BCUT2D eigenvalue weighted by Crippen LogP contribution is -2.23. The van der Waals surface area contributed by atoms with E-state index in [2.05, 4.69) is 11.4 Å². The molecule has 0 aromatic heterocycles. The lowest BCUT2D eigenvalue weighted by molar-refractivity contribution is 0.0947. The molecule has 0 saturated heterocycles. The van der Waals surface area contributed by atoms with Gasteiger partial charge in [0.15, 0.2) is 0 Å². The van der Waals surface area contributed by atoms with E-state index in [1.165, 1.54) is 11.8 Å². The lowest BCUT2D eigenvalue weighted by Gasteiger charge is -2.13. The van der Waals surface area contributed by atoms with E-state index in [4.69, 9.17) is 9.47 Å². The quantitative estimate of drug-likeness (QED) is 0.620. The standard InChI is InChI=1S/C23H20N2O3S/c1-27-18-11-12-20(28-2)17(13-18)15-25-23(26)19-8-4-6-10-22(19)29-21-9-5-3-7-16(21)14-24/h3-13H,15H2,1-2H3,(H,25,26). The Hall–Kier alpha value is -3.43. The summed E-state index contributed by atoms with van der Waals surface area (Å²) in [6, 6.07) is 22.3. The molecule has 5 nitrogen and oxygen atoms in total. The maximum absolute atomic E-state index is 12.9. The zero-order valence-corrected chi connectivity index (χ0v) is 17.0. The van der Waals surface area contributed by atoms with Gasteiger partial charge in [-0.25, -0.2) is 0 Å². The van der Waals surface area contributed by atoms with E-state index in [-0.39, 0.29) is 5.91 Å². The predicted octanol–water partition coefficient (Wildman–Crippen LogP) is 4.66. The number of rotatable bonds is 7. The first-order valence-corrected chi connectivity index (χ1v) is 9.73. The molecule has 0 radical (unpaired) electrons. The van der Waals surface area contributed by atoms with Gasteiger partial charge in [0.05, 0.1) is 25.3 Å². The monoisotopic (exact) mass is 404 g/mol. The van der Waals surface area contributed by atoms with E-state index in [1.807, 2.05) is 54.6 Å². The Labute approximate surface area is 174 Å². The van der Waals surface area contributed by atoms with Crippen LogP contribution in [-0.4, -0.2) is 20.1 Å². The molecular weight excluding hydrogens is 384 g/mol. The van der Waals surface area contributed by atoms with Crippen LogP contribution in [-0.2, 0) is 6.54 Å². The fourth-order valence-electron chi connectivity index (χ4n) is 2.80. The summed E-state index contributed by atoms with van der Waals surface area (Å²) >= 11 is 1.40. The number of hydrogen-bond acceptors (Lipinski definition) is 5. The molecule has 0 aliphatic carbocycles. The topological polar surface area (TPSA) is 71.3 Å². The summed E-state index contributed by atoms with van der Waals surface area (Å²) < 4.78 is 10.6. The van der Waals surface area contributed by atoms with Crippen molar-refractivity contribution in [2.75, 3.05) is 14.2 Å². The summed E-state index contributed by atoms with van der Waals surface area (Å²) in [6.45, 7) is 0.299. The summed E-state index contributed by atoms with van der Waals surface area (Å²) in [5.41, 5.74) is 1.95. The highest BCUT2D eigenvalue weighted by Crippen LogP contribution is 2.32. The van der Waals surface area contributed by atoms with Gasteiger partial charge in [-0.15, -0.1) is 0 Å². The minimum absolute atomic E-state index is 0.201. The molecule has 0 unspecified atom stereocenters. The third-order valence-corrected chi connectivity index (χ3v) is 5.44. The molecule has 0 fully saturated rings. The average molecular weight is 404 g/mol. The molecule has 0 spiro atoms. The zero-order chi connectivity index (χ0) is 20.6. The zero-order valence-electron chi connectivity index (χ0n) is 16.1. The fourth-order valence-corrected chi connectivity index (χ4v) is 3.82. The molecule has 3 aromatic carbocycles. The van der Waals surface area contributed by atoms with Crippen molar-refractivity contribution in [3.63, 3.8) is 0 Å². The Balaban J connectivity index is 1.80. The second-order valence-corrected chi connectivity index (χ2v) is 7.15. The van der Waals surface area contributed by atoms with Gasteiger partial charge in [-0.1, -0.05) is 36.0 Å². The summed E-state index contributed by atoms with van der Waals surface area (Å²) in [7, 11) is 3.18. The molecule has 6 heteroatoms. The predicted molar refractivity (Wildman–Crippen MR) is 112 cm³/mol. The van der Waals surface area contributed by atoms with Gasteiger partial charge < -0.3 is 14.8 Å². The van der Waals surface area contributed by atoms with Gasteiger partial charge in [-0.3, -0.25) is 4.79 Å². The maximum Gasteiger partial charge on any atom is 0.252 e. The first kappa shape index (κ1) is 20.3. The van der Waals surface area contributed by atoms with Gasteiger partial charge in [0, 0.05) is 21.9 Å². The Bertz CT molecular complexity index is 1060. The fraction of sp³-hybridized carbons (Fsp3) is 0.130. The van der Waals surface area contributed by atoms with Crippen LogP contribution in [0.4, 0.5) is 0 Å². The van der Waals surface area contributed by atoms with E-state index >= 15 is 0 Å². The molecule has 29 heavy (non-hydrogen) atoms. The van der Waals surface area contributed by atoms with E-state index in [0.717, 1.165) is 15.4 Å². The Morgan fingerprint density at radius 1 is 1.00 bits per heavy atom. The van der Waals surface area contributed by atoms with Crippen molar-refractivity contribution in [1.82, 2.24) is 5.32 Å². The summed E-state index contributed by atoms with van der Waals surface area (Å²) in [6.07, 6.45) is 0. The molecule has 0 heterocycles. The SMILES string of the molecule is COc1ccc(OC)c(CNC(=O)c2ccccc2Sc2ccccc2C#N)c1. The van der Waals surface area contributed by atoms with Crippen LogP contribution >= 0.6 is 11.8 Å². The highest BCUT2D eigenvalue weighted by atomic mass is 32.2. The molecule has 1 N–H and O–H groups in total. The number of methoxy groups -OCH3 is 2. The molecule has 146 valence electrons. The van der Waals surface area contributed by atoms with Crippen LogP contribution in [0, 0.1) is 11.3 Å². The Morgan fingerprint density at radius 2 is 1.72 bits per heavy atom. The number of benzene rings is 3. The highest BCUT2D eigenvalue weighted by molar-refractivity contribution is 7.99. The van der Waals surface area contributed by atoms with E-state index in [0.29, 0.717) is 29.2 Å². The Morgan fingerprint density at radius 3 is 2.45 bits per heavy atom. The molecule has 0 saturated carbocycles. The van der Waals surface area contributed by atoms with Gasteiger partial charge in [0.2, 0.25) is 0 Å². The molecule has 0 atom stereocenters. The summed E-state index contributed by atoms with van der Waals surface area (Å²) in [4.78, 5) is 14.5. The van der Waals surface area contributed by atoms with Crippen LogP contribution in [0.15, 0.2) is 76.5 Å². The molecule has 3 aromatic rings. The number of carbonyl (C=O) groups excluding carboxylic acids is 1. The van der Waals surface area contributed by atoms with E-state index in [9.17, 15) is 10.1 Å². The van der Waals surface area contributed by atoms with Gasteiger partial charge >= 0.3 is 0 Å². The van der Waals surface area contributed by atoms with Crippen LogP contribution in [0.25, 0.3) is 0 Å². The third-order valence-electron chi connectivity index (χ3n) is 4.29. The molecule has 3 rings (SSSR count). The normalized spacial score (nSPS) is 10.1. The van der Waals surface area contributed by atoms with Crippen LogP contribution in [0.2, 0.25) is 0 Å². The van der Waals surface area contributed by atoms with Gasteiger partial charge in [-0.2, -0.15) is 5.26 Å². The van der Waals surface area contributed by atoms with E-state index < -0.39 is 0 Å². The summed E-state index contributed by atoms with van der Waals surface area (Å²) in [5, 5.41) is 12.3. The highest BCUT2D eigenvalue weighted by Gasteiger charge is 2.14. The van der Waals surface area contributed by atoms with Crippen molar-refractivity contribution in [1.29, 1.82) is 5.26 Å². The molecule has 1 amide bonds. The van der Waals surface area contributed by atoms with Crippen molar-refractivity contribution in [2.45, 2.75) is 16.3 Å². The number of amides is 1. The van der Waals surface area contributed by atoms with E-state index in [1.54, 1.807) is 26.4 Å². The smallest absolute Gasteiger partial charge is 0.252 e. The number of hydrogen-bond donors (Lipinski definition) is 1. The van der Waals surface area contributed by atoms with Crippen molar-refractivity contribution < 1.29 is 14.3 Å². The first-order valence-electron chi connectivity index (χ1n) is 8.91. The number of nitrogens with zero attached hydrogens (tertiary/aromatic N) is 1. The molecule has 0 aliphatic heterocycles. The van der Waals surface area contributed by atoms with Gasteiger partial charge in [0.1, 0.15) is 17.6 Å². The molecule has 0 bridgehead atoms. The molecule has 0 aliphatic rings. The van der Waals surface area contributed by atoms with Gasteiger partial charge in [0.25, 0.3) is 5.91 Å². The second-order valence-electron chi connectivity index (χ2n) is 6.07. The second kappa shape index (κ2) is 9.67. The van der Waals surface area contributed by atoms with Crippen molar-refractivity contribution >= 4 is 17.7 Å². The molecular formula is C23H20N2O3S. The van der Waals surface area contributed by atoms with Crippen molar-refractivity contribution in [3.05, 3.63) is 83.4 Å². The third kappa shape index (κ3) is 4.89. The van der Waals surface area contributed by atoms with Crippen LogP contribution in [0.5, 0.6) is 11.5 Å². The first-order chi connectivity index (χ1) is 14.2. The van der Waals surface area contributed by atoms with Crippen LogP contribution in [0.1, 0.15) is 21.5 Å². The average Bonchev–Trinajstić information content (AvgIpc) is 2.78. The Kier molecular flexibility index (Phi) is 6.77. The summed E-state index contributed by atoms with van der Waals surface area (Å²) in [5.74, 6) is 1.17. The van der Waals surface area contributed by atoms with Crippen molar-refractivity contribution in [2.24, 2.45) is 0 Å². The largest absolute Gasteiger partial charge is 0.497 e. The minimum Gasteiger partial charge on any atom is -0.497 e. The van der Waals surface area contributed by atoms with Crippen molar-refractivity contribution in [3.8, 4) is 17.6 Å². The minimum atomic E-state index is -0.201.